The number of carboxylic acids is 1. The number of rotatable bonds is 2. The van der Waals surface area contributed by atoms with Gasteiger partial charge in [-0.05, 0) is 30.3 Å². The smallest absolute Gasteiger partial charge is 0.338 e. The highest BCUT2D eigenvalue weighted by Gasteiger charge is 2.16. The summed E-state index contributed by atoms with van der Waals surface area (Å²) in [5, 5.41) is 12.9. The van der Waals surface area contributed by atoms with Gasteiger partial charge in [-0.2, -0.15) is 5.10 Å². The molecule has 1 N–H and O–H groups in total. The van der Waals surface area contributed by atoms with Crippen molar-refractivity contribution in [3.8, 4) is 5.69 Å². The lowest BCUT2D eigenvalue weighted by Crippen LogP contribution is -2.01. The monoisotopic (exact) mass is 274 g/mol. The van der Waals surface area contributed by atoms with E-state index in [0.29, 0.717) is 11.2 Å². The van der Waals surface area contributed by atoms with Gasteiger partial charge in [-0.15, -0.1) is 0 Å². The number of fused-ring (bicyclic) bond motifs is 1. The molecule has 3 rings (SSSR count). The molecule has 0 amide bonds. The fourth-order valence-electron chi connectivity index (χ4n) is 2.05. The zero-order valence-electron chi connectivity index (χ0n) is 10.0. The van der Waals surface area contributed by atoms with E-state index in [-0.39, 0.29) is 5.39 Å². The molecule has 0 aliphatic rings. The average molecular weight is 274 g/mol. The number of carbonyl (C=O) groups is 1. The Morgan fingerprint density at radius 2 is 2.00 bits per heavy atom. The summed E-state index contributed by atoms with van der Waals surface area (Å²) in [5.74, 6) is -2.63. The van der Waals surface area contributed by atoms with E-state index in [9.17, 15) is 13.6 Å². The van der Waals surface area contributed by atoms with E-state index in [1.54, 1.807) is 6.07 Å². The normalized spacial score (nSPS) is 10.9. The summed E-state index contributed by atoms with van der Waals surface area (Å²) in [6, 6.07) is 8.30. The number of hydrogen-bond acceptors (Lipinski definition) is 2. The molecule has 0 atom stereocenters. The standard InChI is InChI=1S/C14H8F2N2O2/c15-8-2-1-3-9(6-8)18-12-5-4-10(14(19)20)13(16)11(12)7-17-18/h1-7H,(H,19,20). The van der Waals surface area contributed by atoms with Crippen LogP contribution in [0.2, 0.25) is 0 Å². The van der Waals surface area contributed by atoms with Gasteiger partial charge in [-0.25, -0.2) is 18.3 Å². The van der Waals surface area contributed by atoms with Crippen LogP contribution in [0.25, 0.3) is 16.6 Å². The van der Waals surface area contributed by atoms with Gasteiger partial charge in [0.1, 0.15) is 11.6 Å². The molecule has 1 heterocycles. The number of halogens is 2. The Labute approximate surface area is 111 Å². The van der Waals surface area contributed by atoms with Crippen molar-refractivity contribution in [3.05, 3.63) is 59.8 Å². The molecule has 0 aliphatic carbocycles. The van der Waals surface area contributed by atoms with Crippen molar-refractivity contribution >= 4 is 16.9 Å². The summed E-state index contributed by atoms with van der Waals surface area (Å²) < 4.78 is 28.6. The maximum atomic E-state index is 14.0. The molecule has 1 aromatic heterocycles. The van der Waals surface area contributed by atoms with Crippen LogP contribution in [0.3, 0.4) is 0 Å². The molecule has 0 unspecified atom stereocenters. The second kappa shape index (κ2) is 4.41. The zero-order valence-corrected chi connectivity index (χ0v) is 10.0. The molecule has 20 heavy (non-hydrogen) atoms. The largest absolute Gasteiger partial charge is 0.478 e. The highest BCUT2D eigenvalue weighted by Crippen LogP contribution is 2.23. The average Bonchev–Trinajstić information content (AvgIpc) is 2.83. The number of hydrogen-bond donors (Lipinski definition) is 1. The molecule has 0 fully saturated rings. The highest BCUT2D eigenvalue weighted by atomic mass is 19.1. The van der Waals surface area contributed by atoms with E-state index in [1.165, 1.54) is 35.1 Å². The topological polar surface area (TPSA) is 55.1 Å². The van der Waals surface area contributed by atoms with Crippen molar-refractivity contribution in [2.75, 3.05) is 0 Å². The van der Waals surface area contributed by atoms with Crippen LogP contribution in [0.1, 0.15) is 10.4 Å². The van der Waals surface area contributed by atoms with Crippen LogP contribution >= 0.6 is 0 Å². The molecule has 6 heteroatoms. The minimum atomic E-state index is -1.34. The first-order valence-corrected chi connectivity index (χ1v) is 5.73. The summed E-state index contributed by atoms with van der Waals surface area (Å²) in [5.41, 5.74) is 0.386. The molecule has 4 nitrogen and oxygen atoms in total. The lowest BCUT2D eigenvalue weighted by atomic mass is 10.1. The van der Waals surface area contributed by atoms with Crippen LogP contribution in [0.5, 0.6) is 0 Å². The Kier molecular flexibility index (Phi) is 2.71. The Morgan fingerprint density at radius 1 is 1.20 bits per heavy atom. The van der Waals surface area contributed by atoms with Gasteiger partial charge in [0, 0.05) is 0 Å². The Morgan fingerprint density at radius 3 is 2.70 bits per heavy atom. The molecule has 0 bridgehead atoms. The van der Waals surface area contributed by atoms with Gasteiger partial charge in [-0.1, -0.05) is 6.07 Å². The van der Waals surface area contributed by atoms with Gasteiger partial charge in [0.05, 0.1) is 28.4 Å². The lowest BCUT2D eigenvalue weighted by molar-refractivity contribution is 0.0692. The summed E-state index contributed by atoms with van der Waals surface area (Å²) in [6.45, 7) is 0. The fraction of sp³-hybridized carbons (Fsp3) is 0. The molecular formula is C14H8F2N2O2. The highest BCUT2D eigenvalue weighted by molar-refractivity contribution is 5.94. The number of aromatic carboxylic acids is 1. The molecule has 100 valence electrons. The molecule has 0 radical (unpaired) electrons. The van der Waals surface area contributed by atoms with E-state index in [4.69, 9.17) is 5.11 Å². The van der Waals surface area contributed by atoms with Gasteiger partial charge >= 0.3 is 5.97 Å². The molecule has 0 saturated carbocycles. The van der Waals surface area contributed by atoms with E-state index >= 15 is 0 Å². The second-order valence-electron chi connectivity index (χ2n) is 4.20. The van der Waals surface area contributed by atoms with Gasteiger partial charge in [0.15, 0.2) is 0 Å². The quantitative estimate of drug-likeness (QED) is 0.781. The van der Waals surface area contributed by atoms with Crippen LogP contribution in [0.15, 0.2) is 42.6 Å². The Hall–Kier alpha value is -2.76. The summed E-state index contributed by atoms with van der Waals surface area (Å²) in [4.78, 5) is 10.9. The van der Waals surface area contributed by atoms with Gasteiger partial charge in [0.2, 0.25) is 0 Å². The van der Waals surface area contributed by atoms with Crippen molar-refractivity contribution in [2.24, 2.45) is 0 Å². The first-order chi connectivity index (χ1) is 9.58. The maximum absolute atomic E-state index is 14.0. The van der Waals surface area contributed by atoms with Gasteiger partial charge < -0.3 is 5.11 Å². The molecule has 0 spiro atoms. The molecule has 3 aromatic rings. The van der Waals surface area contributed by atoms with Crippen molar-refractivity contribution in [3.63, 3.8) is 0 Å². The first kappa shape index (κ1) is 12.3. The fourth-order valence-corrected chi connectivity index (χ4v) is 2.05. The van der Waals surface area contributed by atoms with E-state index in [2.05, 4.69) is 5.10 Å². The van der Waals surface area contributed by atoms with Crippen molar-refractivity contribution in [1.29, 1.82) is 0 Å². The van der Waals surface area contributed by atoms with Crippen LogP contribution in [-0.4, -0.2) is 20.9 Å². The maximum Gasteiger partial charge on any atom is 0.338 e. The predicted molar refractivity (Wildman–Crippen MR) is 67.9 cm³/mol. The van der Waals surface area contributed by atoms with Crippen LogP contribution < -0.4 is 0 Å². The molecule has 0 saturated heterocycles. The van der Waals surface area contributed by atoms with Gasteiger partial charge in [-0.3, -0.25) is 0 Å². The third-order valence-electron chi connectivity index (χ3n) is 2.97. The number of nitrogens with zero attached hydrogens (tertiary/aromatic N) is 2. The third-order valence-corrected chi connectivity index (χ3v) is 2.97. The van der Waals surface area contributed by atoms with E-state index in [0.717, 1.165) is 6.07 Å². The first-order valence-electron chi connectivity index (χ1n) is 5.73. The summed E-state index contributed by atoms with van der Waals surface area (Å²) >= 11 is 0. The summed E-state index contributed by atoms with van der Waals surface area (Å²) in [7, 11) is 0. The Bertz CT molecular complexity index is 827. The second-order valence-corrected chi connectivity index (χ2v) is 4.20. The van der Waals surface area contributed by atoms with Crippen LogP contribution in [0, 0.1) is 11.6 Å². The third kappa shape index (κ3) is 1.82. The lowest BCUT2D eigenvalue weighted by Gasteiger charge is -2.04. The Balaban J connectivity index is 2.25. The summed E-state index contributed by atoms with van der Waals surface area (Å²) in [6.07, 6.45) is 1.22. The number of benzene rings is 2. The van der Waals surface area contributed by atoms with Crippen LogP contribution in [0.4, 0.5) is 8.78 Å². The molecule has 2 aromatic carbocycles. The van der Waals surface area contributed by atoms with Crippen molar-refractivity contribution in [1.82, 2.24) is 9.78 Å². The SMILES string of the molecule is O=C(O)c1ccc2c(cnn2-c2cccc(F)c2)c1F. The van der Waals surface area contributed by atoms with Gasteiger partial charge in [0.25, 0.3) is 0 Å². The molecular weight excluding hydrogens is 266 g/mol. The minimum absolute atomic E-state index is 0.0779. The zero-order chi connectivity index (χ0) is 14.3. The number of carboxylic acid groups (broad SMARTS) is 1. The van der Waals surface area contributed by atoms with Crippen molar-refractivity contribution in [2.45, 2.75) is 0 Å². The van der Waals surface area contributed by atoms with Crippen LogP contribution in [-0.2, 0) is 0 Å². The van der Waals surface area contributed by atoms with E-state index in [1.807, 2.05) is 0 Å². The molecule has 0 aliphatic heterocycles. The predicted octanol–water partition coefficient (Wildman–Crippen LogP) is 3.00. The minimum Gasteiger partial charge on any atom is -0.478 e. The number of aromatic nitrogens is 2. The van der Waals surface area contributed by atoms with E-state index < -0.39 is 23.2 Å². The van der Waals surface area contributed by atoms with Crippen molar-refractivity contribution < 1.29 is 18.7 Å².